The van der Waals surface area contributed by atoms with Crippen LogP contribution in [0.4, 0.5) is 13.2 Å². The molecule has 0 aliphatic carbocycles. The molecule has 6 nitrogen and oxygen atoms in total. The molecular formula is C21H19F3N2O4. The average molecular weight is 420 g/mol. The molecule has 1 atom stereocenters. The van der Waals surface area contributed by atoms with Gasteiger partial charge in [-0.05, 0) is 43.2 Å². The van der Waals surface area contributed by atoms with E-state index >= 15 is 0 Å². The summed E-state index contributed by atoms with van der Waals surface area (Å²) >= 11 is 0. The summed E-state index contributed by atoms with van der Waals surface area (Å²) in [5, 5.41) is 11.9. The number of nitriles is 1. The molecule has 1 aliphatic heterocycles. The van der Waals surface area contributed by atoms with Crippen molar-refractivity contribution in [3.8, 4) is 11.8 Å². The van der Waals surface area contributed by atoms with Crippen molar-refractivity contribution in [2.24, 2.45) is 0 Å². The van der Waals surface area contributed by atoms with Gasteiger partial charge in [-0.3, -0.25) is 4.79 Å². The van der Waals surface area contributed by atoms with Crippen LogP contribution < -0.4 is 10.1 Å². The van der Waals surface area contributed by atoms with Gasteiger partial charge in [0.05, 0.1) is 11.7 Å². The minimum atomic E-state index is -4.46. The Bertz CT molecular complexity index is 954. The van der Waals surface area contributed by atoms with Crippen LogP contribution in [0.25, 0.3) is 6.08 Å². The Labute approximate surface area is 170 Å². The second kappa shape index (κ2) is 9.50. The SMILES string of the molecule is N#C/C(=C/c1ccc(COc2cccc(C(F)(F)F)c2)o1)C(=O)NCC1CCCO1. The Balaban J connectivity index is 1.58. The van der Waals surface area contributed by atoms with Crippen molar-refractivity contribution in [3.63, 3.8) is 0 Å². The van der Waals surface area contributed by atoms with Crippen molar-refractivity contribution >= 4 is 12.0 Å². The fourth-order valence-electron chi connectivity index (χ4n) is 2.86. The summed E-state index contributed by atoms with van der Waals surface area (Å²) < 4.78 is 54.5. The molecule has 0 radical (unpaired) electrons. The summed E-state index contributed by atoms with van der Waals surface area (Å²) in [6.07, 6.45) is -1.41. The van der Waals surface area contributed by atoms with Gasteiger partial charge in [-0.1, -0.05) is 6.07 Å². The van der Waals surface area contributed by atoms with Crippen LogP contribution in [0.2, 0.25) is 0 Å². The molecule has 1 aromatic carbocycles. The minimum Gasteiger partial charge on any atom is -0.486 e. The molecule has 1 N–H and O–H groups in total. The summed E-state index contributed by atoms with van der Waals surface area (Å²) in [6, 6.07) is 9.43. The molecule has 0 bridgehead atoms. The normalized spacial score (nSPS) is 16.9. The molecule has 3 rings (SSSR count). The topological polar surface area (TPSA) is 84.5 Å². The van der Waals surface area contributed by atoms with Gasteiger partial charge in [-0.15, -0.1) is 0 Å². The summed E-state index contributed by atoms with van der Waals surface area (Å²) in [5.74, 6) is 0.0906. The van der Waals surface area contributed by atoms with E-state index in [-0.39, 0.29) is 29.8 Å². The standard InChI is InChI=1S/C21H19F3N2O4/c22-21(23,24)15-3-1-4-16(10-15)29-13-19-7-6-17(30-19)9-14(11-25)20(27)26-12-18-5-2-8-28-18/h1,3-4,6-7,9-10,18H,2,5,8,12-13H2,(H,26,27)/b14-9-. The van der Waals surface area contributed by atoms with Crippen LogP contribution in [0.3, 0.4) is 0 Å². The Morgan fingerprint density at radius 3 is 2.87 bits per heavy atom. The third-order valence-electron chi connectivity index (χ3n) is 4.39. The smallest absolute Gasteiger partial charge is 0.416 e. The van der Waals surface area contributed by atoms with Gasteiger partial charge in [0.15, 0.2) is 0 Å². The van der Waals surface area contributed by atoms with E-state index in [0.717, 1.165) is 25.0 Å². The molecule has 1 unspecified atom stereocenters. The van der Waals surface area contributed by atoms with Crippen molar-refractivity contribution in [1.29, 1.82) is 5.26 Å². The molecule has 1 amide bonds. The number of ether oxygens (including phenoxy) is 2. The second-order valence-electron chi connectivity index (χ2n) is 6.63. The largest absolute Gasteiger partial charge is 0.486 e. The molecule has 9 heteroatoms. The summed E-state index contributed by atoms with van der Waals surface area (Å²) in [6.45, 7) is 0.883. The molecule has 1 fully saturated rings. The van der Waals surface area contributed by atoms with Crippen LogP contribution in [0.15, 0.2) is 46.4 Å². The third kappa shape index (κ3) is 5.87. The quantitative estimate of drug-likeness (QED) is 0.539. The Morgan fingerprint density at radius 2 is 2.17 bits per heavy atom. The molecule has 30 heavy (non-hydrogen) atoms. The van der Waals surface area contributed by atoms with Crippen LogP contribution in [-0.2, 0) is 22.3 Å². The molecular weight excluding hydrogens is 401 g/mol. The maximum absolute atomic E-state index is 12.8. The van der Waals surface area contributed by atoms with Crippen LogP contribution in [0, 0.1) is 11.3 Å². The van der Waals surface area contributed by atoms with Gasteiger partial charge in [0.25, 0.3) is 5.91 Å². The molecule has 1 aliphatic rings. The lowest BCUT2D eigenvalue weighted by Crippen LogP contribution is -2.32. The Kier molecular flexibility index (Phi) is 6.79. The van der Waals surface area contributed by atoms with Crippen LogP contribution in [0.1, 0.15) is 29.9 Å². The maximum Gasteiger partial charge on any atom is 0.416 e. The van der Waals surface area contributed by atoms with Crippen molar-refractivity contribution < 1.29 is 31.9 Å². The van der Waals surface area contributed by atoms with Gasteiger partial charge in [0.2, 0.25) is 0 Å². The van der Waals surface area contributed by atoms with E-state index in [9.17, 15) is 23.2 Å². The highest BCUT2D eigenvalue weighted by molar-refractivity contribution is 6.01. The van der Waals surface area contributed by atoms with E-state index in [1.807, 2.05) is 6.07 Å². The number of hydrogen-bond acceptors (Lipinski definition) is 5. The third-order valence-corrected chi connectivity index (χ3v) is 4.39. The average Bonchev–Trinajstić information content (AvgIpc) is 3.40. The van der Waals surface area contributed by atoms with Gasteiger partial charge >= 0.3 is 6.18 Å². The molecule has 0 spiro atoms. The number of rotatable bonds is 7. The van der Waals surface area contributed by atoms with Gasteiger partial charge < -0.3 is 19.2 Å². The number of nitrogens with zero attached hydrogens (tertiary/aromatic N) is 1. The van der Waals surface area contributed by atoms with E-state index in [1.165, 1.54) is 24.3 Å². The van der Waals surface area contributed by atoms with Crippen LogP contribution in [0.5, 0.6) is 5.75 Å². The number of nitrogens with one attached hydrogen (secondary N) is 1. The number of hydrogen-bond donors (Lipinski definition) is 1. The number of amides is 1. The number of carbonyl (C=O) groups excluding carboxylic acids is 1. The highest BCUT2D eigenvalue weighted by Gasteiger charge is 2.30. The number of halogens is 3. The number of carbonyl (C=O) groups is 1. The molecule has 0 saturated carbocycles. The zero-order valence-corrected chi connectivity index (χ0v) is 15.9. The molecule has 2 aromatic rings. The van der Waals surface area contributed by atoms with Gasteiger partial charge in [0, 0.05) is 19.2 Å². The Hall–Kier alpha value is -3.25. The van der Waals surface area contributed by atoms with Crippen molar-refractivity contribution in [2.45, 2.75) is 31.7 Å². The fourth-order valence-corrected chi connectivity index (χ4v) is 2.86. The second-order valence-corrected chi connectivity index (χ2v) is 6.63. The monoisotopic (exact) mass is 420 g/mol. The first-order chi connectivity index (χ1) is 14.3. The molecule has 1 saturated heterocycles. The lowest BCUT2D eigenvalue weighted by atomic mass is 10.2. The summed E-state index contributed by atoms with van der Waals surface area (Å²) in [5.41, 5.74) is -0.941. The maximum atomic E-state index is 12.8. The molecule has 2 heterocycles. The van der Waals surface area contributed by atoms with Gasteiger partial charge in [0.1, 0.15) is 35.5 Å². The van der Waals surface area contributed by atoms with E-state index < -0.39 is 17.6 Å². The van der Waals surface area contributed by atoms with E-state index in [1.54, 1.807) is 6.07 Å². The van der Waals surface area contributed by atoms with Crippen molar-refractivity contribution in [3.05, 3.63) is 59.1 Å². The highest BCUT2D eigenvalue weighted by atomic mass is 19.4. The highest BCUT2D eigenvalue weighted by Crippen LogP contribution is 2.31. The molecule has 158 valence electrons. The van der Waals surface area contributed by atoms with Crippen LogP contribution >= 0.6 is 0 Å². The first-order valence-electron chi connectivity index (χ1n) is 9.25. The van der Waals surface area contributed by atoms with Crippen molar-refractivity contribution in [1.82, 2.24) is 5.32 Å². The zero-order chi connectivity index (χ0) is 21.6. The summed E-state index contributed by atoms with van der Waals surface area (Å²) in [4.78, 5) is 12.2. The first kappa shape index (κ1) is 21.5. The van der Waals surface area contributed by atoms with Crippen LogP contribution in [-0.4, -0.2) is 25.2 Å². The zero-order valence-electron chi connectivity index (χ0n) is 15.9. The van der Waals surface area contributed by atoms with E-state index in [0.29, 0.717) is 18.9 Å². The van der Waals surface area contributed by atoms with Gasteiger partial charge in [-0.25, -0.2) is 0 Å². The number of benzene rings is 1. The predicted molar refractivity (Wildman–Crippen MR) is 100 cm³/mol. The van der Waals surface area contributed by atoms with Crippen molar-refractivity contribution in [2.75, 3.05) is 13.2 Å². The predicted octanol–water partition coefficient (Wildman–Crippen LogP) is 4.08. The minimum absolute atomic E-state index is 0.0443. The number of alkyl halides is 3. The Morgan fingerprint density at radius 1 is 1.33 bits per heavy atom. The lowest BCUT2D eigenvalue weighted by molar-refractivity contribution is -0.137. The van der Waals surface area contributed by atoms with E-state index in [2.05, 4.69) is 5.32 Å². The number of furan rings is 1. The summed E-state index contributed by atoms with van der Waals surface area (Å²) in [7, 11) is 0. The first-order valence-corrected chi connectivity index (χ1v) is 9.25. The van der Waals surface area contributed by atoms with E-state index in [4.69, 9.17) is 13.9 Å². The fraction of sp³-hybridized carbons (Fsp3) is 0.333. The lowest BCUT2D eigenvalue weighted by Gasteiger charge is -2.10. The van der Waals surface area contributed by atoms with Gasteiger partial charge in [-0.2, -0.15) is 18.4 Å². The molecule has 1 aromatic heterocycles.